The molecular weight excluding hydrogens is 226 g/mol. The van der Waals surface area contributed by atoms with Gasteiger partial charge in [-0.2, -0.15) is 0 Å². The molecule has 0 atom stereocenters. The fourth-order valence-electron chi connectivity index (χ4n) is 1.91. The van der Waals surface area contributed by atoms with Crippen LogP contribution in [0.15, 0.2) is 36.4 Å². The van der Waals surface area contributed by atoms with Crippen LogP contribution in [0.4, 0.5) is 0 Å². The number of hydrogen-bond donors (Lipinski definition) is 1. The number of benzene rings is 2. The molecule has 0 heterocycles. The highest BCUT2D eigenvalue weighted by atomic mass is 16.5. The van der Waals surface area contributed by atoms with Gasteiger partial charge in [0.2, 0.25) is 5.91 Å². The summed E-state index contributed by atoms with van der Waals surface area (Å²) < 4.78 is 47.4. The fraction of sp³-hybridized carbons (Fsp3) is 0.267. The SMILES string of the molecule is [2H]C([2H])([2H])Oc1ccc2cccc(CCNC(=O)C([2H])([2H])[2H])c2c1. The minimum Gasteiger partial charge on any atom is -0.497 e. The zero-order valence-corrected chi connectivity index (χ0v) is 9.69. The molecule has 0 aliphatic rings. The van der Waals surface area contributed by atoms with Crippen LogP contribution in [0.3, 0.4) is 0 Å². The second-order valence-corrected chi connectivity index (χ2v) is 3.91. The molecule has 2 aromatic rings. The van der Waals surface area contributed by atoms with Crippen LogP contribution in [-0.4, -0.2) is 19.5 Å². The number of rotatable bonds is 4. The predicted molar refractivity (Wildman–Crippen MR) is 72.9 cm³/mol. The molecule has 2 aromatic carbocycles. The summed E-state index contributed by atoms with van der Waals surface area (Å²) in [5, 5.41) is 4.06. The quantitative estimate of drug-likeness (QED) is 0.904. The Balaban J connectivity index is 2.17. The molecule has 0 radical (unpaired) electrons. The van der Waals surface area contributed by atoms with Gasteiger partial charge in [0.25, 0.3) is 0 Å². The van der Waals surface area contributed by atoms with E-state index >= 15 is 0 Å². The molecule has 1 N–H and O–H groups in total. The Morgan fingerprint density at radius 1 is 1.39 bits per heavy atom. The van der Waals surface area contributed by atoms with Crippen LogP contribution in [-0.2, 0) is 11.2 Å². The van der Waals surface area contributed by atoms with Crippen molar-refractivity contribution >= 4 is 16.7 Å². The van der Waals surface area contributed by atoms with Crippen molar-refractivity contribution in [2.75, 3.05) is 13.6 Å². The molecule has 0 saturated carbocycles. The summed E-state index contributed by atoms with van der Waals surface area (Å²) in [6.07, 6.45) is 0.413. The molecule has 0 bridgehead atoms. The van der Waals surface area contributed by atoms with Gasteiger partial charge in [0.15, 0.2) is 0 Å². The first-order chi connectivity index (χ1) is 11.1. The second kappa shape index (κ2) is 5.54. The molecule has 0 saturated heterocycles. The lowest BCUT2D eigenvalue weighted by atomic mass is 10.0. The van der Waals surface area contributed by atoms with Gasteiger partial charge in [-0.25, -0.2) is 0 Å². The van der Waals surface area contributed by atoms with E-state index in [1.165, 1.54) is 0 Å². The first kappa shape index (κ1) is 6.78. The zero-order chi connectivity index (χ0) is 18.0. The van der Waals surface area contributed by atoms with Gasteiger partial charge in [-0.3, -0.25) is 4.79 Å². The molecule has 0 aliphatic carbocycles. The normalized spacial score (nSPS) is 16.7. The van der Waals surface area contributed by atoms with Crippen molar-refractivity contribution in [3.05, 3.63) is 42.0 Å². The Morgan fingerprint density at radius 2 is 2.33 bits per heavy atom. The maximum absolute atomic E-state index is 11.4. The van der Waals surface area contributed by atoms with Crippen molar-refractivity contribution in [1.29, 1.82) is 0 Å². The molecular formula is C15H17NO2. The Hall–Kier alpha value is -2.03. The summed E-state index contributed by atoms with van der Waals surface area (Å²) in [6.45, 7) is -2.50. The lowest BCUT2D eigenvalue weighted by Crippen LogP contribution is -2.22. The van der Waals surface area contributed by atoms with Crippen molar-refractivity contribution < 1.29 is 17.8 Å². The van der Waals surface area contributed by atoms with Crippen LogP contribution >= 0.6 is 0 Å². The Morgan fingerprint density at radius 3 is 3.17 bits per heavy atom. The van der Waals surface area contributed by atoms with Crippen molar-refractivity contribution in [3.8, 4) is 5.75 Å². The van der Waals surface area contributed by atoms with E-state index in [1.54, 1.807) is 18.2 Å². The lowest BCUT2D eigenvalue weighted by molar-refractivity contribution is -0.118. The first-order valence-corrected chi connectivity index (χ1v) is 5.55. The maximum Gasteiger partial charge on any atom is 0.216 e. The number of ether oxygens (including phenoxy) is 1. The van der Waals surface area contributed by atoms with Crippen LogP contribution in [0.2, 0.25) is 0 Å². The molecule has 3 heteroatoms. The van der Waals surface area contributed by atoms with Crippen LogP contribution in [0.1, 0.15) is 20.6 Å². The lowest BCUT2D eigenvalue weighted by Gasteiger charge is -2.08. The average Bonchev–Trinajstić information content (AvgIpc) is 2.45. The summed E-state index contributed by atoms with van der Waals surface area (Å²) in [7, 11) is -2.53. The van der Waals surface area contributed by atoms with Crippen molar-refractivity contribution in [2.24, 2.45) is 0 Å². The van der Waals surface area contributed by atoms with Crippen LogP contribution < -0.4 is 10.1 Å². The molecule has 18 heavy (non-hydrogen) atoms. The smallest absolute Gasteiger partial charge is 0.216 e. The van der Waals surface area contributed by atoms with E-state index in [4.69, 9.17) is 13.0 Å². The van der Waals surface area contributed by atoms with E-state index in [9.17, 15) is 4.79 Å². The number of methoxy groups -OCH3 is 1. The standard InChI is InChI=1S/C15H17NO2/c1-11(17)16-9-8-13-5-3-4-12-6-7-14(18-2)10-15(12)13/h3-7,10H,8-9H2,1-2H3,(H,16,17)/i1D3,2D3. The Kier molecular flexibility index (Phi) is 2.09. The second-order valence-electron chi connectivity index (χ2n) is 3.91. The average molecular weight is 249 g/mol. The predicted octanol–water partition coefficient (Wildman–Crippen LogP) is 2.53. The number of nitrogens with one attached hydrogen (secondary N) is 1. The topological polar surface area (TPSA) is 38.3 Å². The van der Waals surface area contributed by atoms with Crippen LogP contribution in [0, 0.1) is 0 Å². The van der Waals surface area contributed by atoms with Gasteiger partial charge < -0.3 is 10.1 Å². The van der Waals surface area contributed by atoms with E-state index in [1.807, 2.05) is 18.2 Å². The van der Waals surface area contributed by atoms with Gasteiger partial charge in [-0.05, 0) is 34.9 Å². The van der Waals surface area contributed by atoms with E-state index in [0.717, 1.165) is 16.3 Å². The zero-order valence-electron chi connectivity index (χ0n) is 15.7. The van der Waals surface area contributed by atoms with Gasteiger partial charge >= 0.3 is 0 Å². The van der Waals surface area contributed by atoms with Gasteiger partial charge in [-0.1, -0.05) is 24.3 Å². The summed E-state index contributed by atoms with van der Waals surface area (Å²) in [4.78, 5) is 11.4. The minimum absolute atomic E-state index is 0.167. The van der Waals surface area contributed by atoms with Crippen molar-refractivity contribution in [2.45, 2.75) is 13.3 Å². The van der Waals surface area contributed by atoms with Gasteiger partial charge in [0.1, 0.15) is 5.75 Å². The van der Waals surface area contributed by atoms with Crippen molar-refractivity contribution in [1.82, 2.24) is 5.32 Å². The molecule has 1 amide bonds. The third-order valence-electron chi connectivity index (χ3n) is 2.74. The molecule has 2 rings (SSSR count). The molecule has 0 unspecified atom stereocenters. The van der Waals surface area contributed by atoms with Crippen LogP contribution in [0.5, 0.6) is 5.75 Å². The monoisotopic (exact) mass is 249 g/mol. The van der Waals surface area contributed by atoms with Gasteiger partial charge in [0.05, 0.1) is 11.2 Å². The van der Waals surface area contributed by atoms with Crippen LogP contribution in [0.25, 0.3) is 10.8 Å². The highest BCUT2D eigenvalue weighted by Gasteiger charge is 2.03. The third-order valence-corrected chi connectivity index (χ3v) is 2.74. The number of fused-ring (bicyclic) bond motifs is 1. The summed E-state index contributed by atoms with van der Waals surface area (Å²) in [6, 6.07) is 10.5. The van der Waals surface area contributed by atoms with Gasteiger partial charge in [-0.15, -0.1) is 0 Å². The largest absolute Gasteiger partial charge is 0.497 e. The molecule has 0 spiro atoms. The fourth-order valence-corrected chi connectivity index (χ4v) is 1.91. The molecule has 3 nitrogen and oxygen atoms in total. The summed E-state index contributed by atoms with van der Waals surface area (Å²) in [5.41, 5.74) is 0.856. The molecule has 0 fully saturated rings. The number of carbonyl (C=O) groups is 1. The van der Waals surface area contributed by atoms with Crippen molar-refractivity contribution in [3.63, 3.8) is 0 Å². The maximum atomic E-state index is 11.4. The summed E-state index contributed by atoms with van der Waals surface area (Å²) in [5.74, 6) is -0.768. The van der Waals surface area contributed by atoms with E-state index in [0.29, 0.717) is 6.42 Å². The minimum atomic E-state index is -2.67. The highest BCUT2D eigenvalue weighted by molar-refractivity contribution is 5.87. The van der Waals surface area contributed by atoms with E-state index in [-0.39, 0.29) is 12.3 Å². The third kappa shape index (κ3) is 2.80. The van der Waals surface area contributed by atoms with Gasteiger partial charge in [0, 0.05) is 17.5 Å². The summed E-state index contributed by atoms with van der Waals surface area (Å²) >= 11 is 0. The number of carbonyl (C=O) groups excluding carboxylic acids is 1. The Labute approximate surface area is 115 Å². The first-order valence-electron chi connectivity index (χ1n) is 8.55. The van der Waals surface area contributed by atoms with E-state index in [2.05, 4.69) is 5.32 Å². The number of hydrogen-bond acceptors (Lipinski definition) is 2. The molecule has 0 aliphatic heterocycles. The highest BCUT2D eigenvalue weighted by Crippen LogP contribution is 2.24. The number of amides is 1. The molecule has 94 valence electrons. The Bertz CT molecular complexity index is 739. The molecule has 0 aromatic heterocycles. The van der Waals surface area contributed by atoms with E-state index < -0.39 is 19.8 Å².